The zero-order valence-electron chi connectivity index (χ0n) is 13.7. The van der Waals surface area contributed by atoms with Gasteiger partial charge in [-0.15, -0.1) is 11.8 Å². The van der Waals surface area contributed by atoms with Gasteiger partial charge in [-0.1, -0.05) is 17.3 Å². The van der Waals surface area contributed by atoms with Crippen LogP contribution in [0.1, 0.15) is 39.9 Å². The zero-order valence-corrected chi connectivity index (χ0v) is 14.5. The lowest BCUT2D eigenvalue weighted by Crippen LogP contribution is -2.15. The predicted molar refractivity (Wildman–Crippen MR) is 96.0 cm³/mol. The summed E-state index contributed by atoms with van der Waals surface area (Å²) < 4.78 is 0. The Morgan fingerprint density at radius 2 is 2.00 bits per heavy atom. The van der Waals surface area contributed by atoms with E-state index in [1.165, 1.54) is 11.8 Å². The summed E-state index contributed by atoms with van der Waals surface area (Å²) in [6.07, 6.45) is 4.51. The lowest BCUT2D eigenvalue weighted by Gasteiger charge is -2.20. The Morgan fingerprint density at radius 1 is 1.21 bits per heavy atom. The number of oxime groups is 1. The fraction of sp³-hybridized carbons (Fsp3) is 0.263. The molecule has 0 saturated carbocycles. The molecule has 24 heavy (non-hydrogen) atoms. The van der Waals surface area contributed by atoms with E-state index in [9.17, 15) is 9.90 Å². The molecule has 0 aliphatic heterocycles. The van der Waals surface area contributed by atoms with Crippen molar-refractivity contribution >= 4 is 23.4 Å². The molecule has 0 amide bonds. The van der Waals surface area contributed by atoms with Crippen molar-refractivity contribution in [3.05, 3.63) is 58.7 Å². The number of thioether (sulfide) groups is 1. The Morgan fingerprint density at radius 3 is 2.79 bits per heavy atom. The Kier molecular flexibility index (Phi) is 4.90. The number of fused-ring (bicyclic) bond motifs is 1. The molecule has 5 heteroatoms. The molecular formula is C19H19NO3S. The van der Waals surface area contributed by atoms with Crippen LogP contribution in [0.2, 0.25) is 0 Å². The van der Waals surface area contributed by atoms with Crippen molar-refractivity contribution in [1.82, 2.24) is 0 Å². The molecule has 3 rings (SSSR count). The third-order valence-corrected chi connectivity index (χ3v) is 5.08. The van der Waals surface area contributed by atoms with Crippen LogP contribution in [0.15, 0.2) is 46.4 Å². The predicted octanol–water partition coefficient (Wildman–Crippen LogP) is 4.32. The molecule has 1 N–H and O–H groups in total. The first-order valence-electron chi connectivity index (χ1n) is 7.85. The molecule has 0 heterocycles. The first-order valence-corrected chi connectivity index (χ1v) is 9.07. The normalized spacial score (nSPS) is 15.2. The van der Waals surface area contributed by atoms with Crippen molar-refractivity contribution in [2.45, 2.75) is 31.1 Å². The number of hydrogen-bond acceptors (Lipinski definition) is 5. The molecule has 0 bridgehead atoms. The maximum Gasteiger partial charge on any atom is 0.366 e. The van der Waals surface area contributed by atoms with E-state index in [-0.39, 0.29) is 0 Å². The van der Waals surface area contributed by atoms with E-state index in [4.69, 9.17) is 4.84 Å². The zero-order chi connectivity index (χ0) is 17.1. The van der Waals surface area contributed by atoms with E-state index in [0.29, 0.717) is 11.3 Å². The summed E-state index contributed by atoms with van der Waals surface area (Å²) in [6.45, 7) is 1.90. The lowest BCUT2D eigenvalue weighted by molar-refractivity contribution is 0.0511. The fourth-order valence-corrected chi connectivity index (χ4v) is 3.54. The number of nitrogens with zero attached hydrogens (tertiary/aromatic N) is 1. The number of rotatable bonds is 3. The number of benzene rings is 2. The van der Waals surface area contributed by atoms with Crippen LogP contribution < -0.4 is 0 Å². The van der Waals surface area contributed by atoms with Crippen molar-refractivity contribution in [3.63, 3.8) is 0 Å². The standard InChI is InChI=1S/C19H19NO3S/c1-12-13-7-5-8-16(14(13)10-11-17(12)21)20-23-19(22)15-6-3-4-9-18(15)24-2/h3-4,6,9-11,21H,5,7-8H2,1-2H3/b20-16-. The second kappa shape index (κ2) is 7.09. The molecule has 0 spiro atoms. The summed E-state index contributed by atoms with van der Waals surface area (Å²) >= 11 is 1.50. The van der Waals surface area contributed by atoms with Gasteiger partial charge < -0.3 is 9.94 Å². The summed E-state index contributed by atoms with van der Waals surface area (Å²) in [5.74, 6) is -0.157. The molecule has 1 aliphatic carbocycles. The molecule has 0 unspecified atom stereocenters. The van der Waals surface area contributed by atoms with E-state index in [1.54, 1.807) is 12.1 Å². The molecule has 2 aromatic rings. The molecule has 4 nitrogen and oxygen atoms in total. The minimum atomic E-state index is -0.449. The van der Waals surface area contributed by atoms with E-state index >= 15 is 0 Å². The minimum Gasteiger partial charge on any atom is -0.508 e. The molecule has 124 valence electrons. The number of phenols is 1. The average molecular weight is 341 g/mol. The SMILES string of the molecule is CSc1ccccc1C(=O)O/N=C1/CCCc2c1ccc(O)c2C. The Balaban J connectivity index is 1.86. The van der Waals surface area contributed by atoms with Crippen molar-refractivity contribution in [3.8, 4) is 5.75 Å². The van der Waals surface area contributed by atoms with Crippen molar-refractivity contribution in [2.24, 2.45) is 5.16 Å². The van der Waals surface area contributed by atoms with Gasteiger partial charge in [-0.25, -0.2) is 4.79 Å². The van der Waals surface area contributed by atoms with E-state index in [2.05, 4.69) is 5.16 Å². The van der Waals surface area contributed by atoms with Crippen LogP contribution in [-0.4, -0.2) is 23.0 Å². The number of aromatic hydroxyl groups is 1. The number of carbonyl (C=O) groups is 1. The second-order valence-electron chi connectivity index (χ2n) is 5.71. The summed E-state index contributed by atoms with van der Waals surface area (Å²) in [5.41, 5.74) is 4.20. The highest BCUT2D eigenvalue weighted by Crippen LogP contribution is 2.30. The molecule has 0 aromatic heterocycles. The van der Waals surface area contributed by atoms with Crippen LogP contribution in [0, 0.1) is 6.92 Å². The molecule has 2 aromatic carbocycles. The average Bonchev–Trinajstić information content (AvgIpc) is 2.62. The van der Waals surface area contributed by atoms with Crippen molar-refractivity contribution in [2.75, 3.05) is 6.26 Å². The maximum absolute atomic E-state index is 12.3. The van der Waals surface area contributed by atoms with Crippen molar-refractivity contribution < 1.29 is 14.7 Å². The van der Waals surface area contributed by atoms with Crippen LogP contribution in [-0.2, 0) is 11.3 Å². The van der Waals surface area contributed by atoms with Gasteiger partial charge in [-0.2, -0.15) is 0 Å². The first-order chi connectivity index (χ1) is 11.6. The largest absolute Gasteiger partial charge is 0.508 e. The van der Waals surface area contributed by atoms with Gasteiger partial charge in [-0.05, 0) is 67.8 Å². The molecule has 1 aliphatic rings. The molecule has 0 radical (unpaired) electrons. The monoisotopic (exact) mass is 341 g/mol. The Hall–Kier alpha value is -2.27. The quantitative estimate of drug-likeness (QED) is 0.513. The topological polar surface area (TPSA) is 58.9 Å². The highest BCUT2D eigenvalue weighted by molar-refractivity contribution is 7.98. The highest BCUT2D eigenvalue weighted by Gasteiger charge is 2.20. The molecule has 0 atom stereocenters. The summed E-state index contributed by atoms with van der Waals surface area (Å²) in [4.78, 5) is 18.4. The minimum absolute atomic E-state index is 0.292. The third-order valence-electron chi connectivity index (χ3n) is 4.29. The summed E-state index contributed by atoms with van der Waals surface area (Å²) in [6, 6.07) is 10.8. The summed E-state index contributed by atoms with van der Waals surface area (Å²) in [5, 5.41) is 14.0. The van der Waals surface area contributed by atoms with Gasteiger partial charge in [0.2, 0.25) is 0 Å². The van der Waals surface area contributed by atoms with Crippen molar-refractivity contribution in [1.29, 1.82) is 0 Å². The van der Waals surface area contributed by atoms with E-state index in [0.717, 1.165) is 46.6 Å². The molecule has 0 fully saturated rings. The van der Waals surface area contributed by atoms with Crippen LogP contribution >= 0.6 is 11.8 Å². The van der Waals surface area contributed by atoms with Gasteiger partial charge in [0.1, 0.15) is 5.75 Å². The second-order valence-corrected chi connectivity index (χ2v) is 6.55. The van der Waals surface area contributed by atoms with Gasteiger partial charge in [0, 0.05) is 10.5 Å². The Labute approximate surface area is 145 Å². The number of hydrogen-bond donors (Lipinski definition) is 1. The van der Waals surface area contributed by atoms with Crippen LogP contribution in [0.4, 0.5) is 0 Å². The van der Waals surface area contributed by atoms with Gasteiger partial charge in [0.15, 0.2) is 0 Å². The third kappa shape index (κ3) is 3.17. The van der Waals surface area contributed by atoms with Crippen LogP contribution in [0.5, 0.6) is 5.75 Å². The fourth-order valence-electron chi connectivity index (χ4n) is 2.96. The van der Waals surface area contributed by atoms with Crippen LogP contribution in [0.3, 0.4) is 0 Å². The maximum atomic E-state index is 12.3. The lowest BCUT2D eigenvalue weighted by atomic mass is 9.87. The molecular weight excluding hydrogens is 322 g/mol. The van der Waals surface area contributed by atoms with Crippen LogP contribution in [0.25, 0.3) is 0 Å². The van der Waals surface area contributed by atoms with E-state index in [1.807, 2.05) is 37.4 Å². The first kappa shape index (κ1) is 16.6. The van der Waals surface area contributed by atoms with Gasteiger partial charge in [-0.3, -0.25) is 0 Å². The van der Waals surface area contributed by atoms with Gasteiger partial charge in [0.25, 0.3) is 0 Å². The number of phenolic OH excluding ortho intramolecular Hbond substituents is 1. The van der Waals surface area contributed by atoms with Gasteiger partial charge in [0.05, 0.1) is 11.3 Å². The summed E-state index contributed by atoms with van der Waals surface area (Å²) in [7, 11) is 0. The van der Waals surface area contributed by atoms with E-state index < -0.39 is 5.97 Å². The smallest absolute Gasteiger partial charge is 0.366 e. The number of carbonyl (C=O) groups excluding carboxylic acids is 1. The Bertz CT molecular complexity index is 814. The molecule has 0 saturated heterocycles. The highest BCUT2D eigenvalue weighted by atomic mass is 32.2. The van der Waals surface area contributed by atoms with Gasteiger partial charge >= 0.3 is 5.97 Å².